The van der Waals surface area contributed by atoms with Crippen LogP contribution >= 0.6 is 0 Å². The van der Waals surface area contributed by atoms with Crippen molar-refractivity contribution in [1.82, 2.24) is 15.2 Å². The van der Waals surface area contributed by atoms with Gasteiger partial charge in [0.2, 0.25) is 5.95 Å². The van der Waals surface area contributed by atoms with Crippen LogP contribution in [0.4, 0.5) is 16.0 Å². The van der Waals surface area contributed by atoms with Crippen molar-refractivity contribution in [3.8, 4) is 0 Å². The van der Waals surface area contributed by atoms with E-state index in [1.54, 1.807) is 6.07 Å². The van der Waals surface area contributed by atoms with E-state index < -0.39 is 0 Å². The monoisotopic (exact) mass is 289 g/mol. The molecule has 5 nitrogen and oxygen atoms in total. The lowest BCUT2D eigenvalue weighted by Gasteiger charge is -2.22. The second kappa shape index (κ2) is 6.03. The maximum atomic E-state index is 13.5. The zero-order chi connectivity index (χ0) is 15.6. The lowest BCUT2D eigenvalue weighted by atomic mass is 10.1. The largest absolute Gasteiger partial charge is 0.377 e. The van der Waals surface area contributed by atoms with Crippen LogP contribution in [-0.2, 0) is 0 Å². The number of aryl methyl sites for hydroxylation is 2. The second-order valence-corrected chi connectivity index (χ2v) is 5.27. The smallest absolute Gasteiger partial charge is 0.243 e. The summed E-state index contributed by atoms with van der Waals surface area (Å²) in [7, 11) is 3.86. The molecule has 1 N–H and O–H groups in total. The SMILES string of the molecule is Cc1nnc(NC(C)c2cc(F)ccc2N(C)C)nc1C. The van der Waals surface area contributed by atoms with E-state index in [4.69, 9.17) is 0 Å². The van der Waals surface area contributed by atoms with Gasteiger partial charge in [0.05, 0.1) is 17.4 Å². The van der Waals surface area contributed by atoms with Crippen molar-refractivity contribution in [3.05, 3.63) is 41.0 Å². The zero-order valence-corrected chi connectivity index (χ0v) is 13.0. The molecule has 1 aromatic carbocycles. The van der Waals surface area contributed by atoms with Gasteiger partial charge in [0.15, 0.2) is 0 Å². The van der Waals surface area contributed by atoms with Crippen molar-refractivity contribution in [2.75, 3.05) is 24.3 Å². The van der Waals surface area contributed by atoms with Gasteiger partial charge in [-0.05, 0) is 39.0 Å². The molecule has 6 heteroatoms. The number of halogens is 1. The van der Waals surface area contributed by atoms with E-state index in [-0.39, 0.29) is 11.9 Å². The molecule has 0 spiro atoms. The van der Waals surface area contributed by atoms with E-state index in [2.05, 4.69) is 20.5 Å². The molecule has 2 rings (SSSR count). The first-order chi connectivity index (χ1) is 9.88. The summed E-state index contributed by atoms with van der Waals surface area (Å²) in [5.74, 6) is 0.183. The molecular weight excluding hydrogens is 269 g/mol. The van der Waals surface area contributed by atoms with Crippen molar-refractivity contribution < 1.29 is 4.39 Å². The Morgan fingerprint density at radius 2 is 1.86 bits per heavy atom. The van der Waals surface area contributed by atoms with Crippen LogP contribution in [0.15, 0.2) is 18.2 Å². The van der Waals surface area contributed by atoms with Crippen LogP contribution < -0.4 is 10.2 Å². The fourth-order valence-corrected chi connectivity index (χ4v) is 2.07. The summed E-state index contributed by atoms with van der Waals surface area (Å²) in [4.78, 5) is 6.29. The molecule has 1 atom stereocenters. The number of hydrogen-bond acceptors (Lipinski definition) is 5. The van der Waals surface area contributed by atoms with E-state index >= 15 is 0 Å². The van der Waals surface area contributed by atoms with Gasteiger partial charge >= 0.3 is 0 Å². The van der Waals surface area contributed by atoms with E-state index in [1.165, 1.54) is 12.1 Å². The lowest BCUT2D eigenvalue weighted by molar-refractivity contribution is 0.623. The van der Waals surface area contributed by atoms with Crippen LogP contribution in [0.1, 0.15) is 29.9 Å². The first-order valence-electron chi connectivity index (χ1n) is 6.79. The average molecular weight is 289 g/mol. The molecule has 112 valence electrons. The average Bonchev–Trinajstić information content (AvgIpc) is 2.42. The minimum Gasteiger partial charge on any atom is -0.377 e. The number of hydrogen-bond donors (Lipinski definition) is 1. The predicted octanol–water partition coefficient (Wildman–Crippen LogP) is 2.87. The third-order valence-electron chi connectivity index (χ3n) is 3.38. The molecule has 0 fully saturated rings. The summed E-state index contributed by atoms with van der Waals surface area (Å²) >= 11 is 0. The fourth-order valence-electron chi connectivity index (χ4n) is 2.07. The summed E-state index contributed by atoms with van der Waals surface area (Å²) in [6, 6.07) is 4.62. The highest BCUT2D eigenvalue weighted by Crippen LogP contribution is 2.27. The van der Waals surface area contributed by atoms with Gasteiger partial charge in [0, 0.05) is 25.3 Å². The quantitative estimate of drug-likeness (QED) is 0.938. The normalized spacial score (nSPS) is 12.1. The van der Waals surface area contributed by atoms with Crippen molar-refractivity contribution in [2.45, 2.75) is 26.8 Å². The Kier molecular flexibility index (Phi) is 4.35. The van der Waals surface area contributed by atoms with Gasteiger partial charge in [-0.25, -0.2) is 9.37 Å². The number of benzene rings is 1. The number of nitrogens with zero attached hydrogens (tertiary/aromatic N) is 4. The van der Waals surface area contributed by atoms with Crippen LogP contribution in [0.5, 0.6) is 0 Å². The van der Waals surface area contributed by atoms with Crippen molar-refractivity contribution >= 4 is 11.6 Å². The zero-order valence-electron chi connectivity index (χ0n) is 13.0. The van der Waals surface area contributed by atoms with Gasteiger partial charge in [-0.3, -0.25) is 0 Å². The maximum Gasteiger partial charge on any atom is 0.243 e. The molecule has 1 unspecified atom stereocenters. The summed E-state index contributed by atoms with van der Waals surface area (Å²) in [6.07, 6.45) is 0. The molecule has 0 saturated heterocycles. The Bertz CT molecular complexity index is 642. The van der Waals surface area contributed by atoms with Crippen LogP contribution in [0.25, 0.3) is 0 Å². The van der Waals surface area contributed by atoms with E-state index in [0.717, 1.165) is 22.6 Å². The standard InChI is InChI=1S/C15H20FN5/c1-9-10(2)19-20-15(17-9)18-11(3)13-8-12(16)6-7-14(13)21(4)5/h6-8,11H,1-5H3,(H,17,18,20). The molecule has 0 aliphatic rings. The van der Waals surface area contributed by atoms with E-state index in [0.29, 0.717) is 5.95 Å². The molecule has 2 aromatic rings. The highest BCUT2D eigenvalue weighted by molar-refractivity contribution is 5.55. The van der Waals surface area contributed by atoms with Crippen LogP contribution in [0.3, 0.4) is 0 Å². The minimum atomic E-state index is -0.261. The van der Waals surface area contributed by atoms with Crippen LogP contribution in [-0.4, -0.2) is 29.3 Å². The lowest BCUT2D eigenvalue weighted by Crippen LogP contribution is -2.17. The van der Waals surface area contributed by atoms with E-state index in [1.807, 2.05) is 39.8 Å². The summed E-state index contributed by atoms with van der Waals surface area (Å²) in [5.41, 5.74) is 3.43. The topological polar surface area (TPSA) is 53.9 Å². The fraction of sp³-hybridized carbons (Fsp3) is 0.400. The van der Waals surface area contributed by atoms with Gasteiger partial charge in [-0.2, -0.15) is 5.10 Å². The van der Waals surface area contributed by atoms with Crippen molar-refractivity contribution in [1.29, 1.82) is 0 Å². The molecule has 0 aliphatic carbocycles. The van der Waals surface area contributed by atoms with Crippen molar-refractivity contribution in [3.63, 3.8) is 0 Å². The molecule has 1 aromatic heterocycles. The molecule has 0 saturated carbocycles. The molecule has 0 amide bonds. The van der Waals surface area contributed by atoms with Gasteiger partial charge in [-0.15, -0.1) is 5.10 Å². The molecule has 21 heavy (non-hydrogen) atoms. The van der Waals surface area contributed by atoms with Gasteiger partial charge in [-0.1, -0.05) is 0 Å². The first-order valence-corrected chi connectivity index (χ1v) is 6.79. The molecule has 0 radical (unpaired) electrons. The first kappa shape index (κ1) is 15.2. The Morgan fingerprint density at radius 1 is 1.14 bits per heavy atom. The number of rotatable bonds is 4. The summed E-state index contributed by atoms with van der Waals surface area (Å²) in [6.45, 7) is 5.69. The molecule has 0 bridgehead atoms. The molecular formula is C15H20FN5. The van der Waals surface area contributed by atoms with E-state index in [9.17, 15) is 4.39 Å². The Hall–Kier alpha value is -2.24. The summed E-state index contributed by atoms with van der Waals surface area (Å²) < 4.78 is 13.5. The third-order valence-corrected chi connectivity index (χ3v) is 3.38. The number of nitrogens with one attached hydrogen (secondary N) is 1. The Morgan fingerprint density at radius 3 is 2.48 bits per heavy atom. The van der Waals surface area contributed by atoms with Crippen LogP contribution in [0, 0.1) is 19.7 Å². The predicted molar refractivity (Wildman–Crippen MR) is 82.1 cm³/mol. The van der Waals surface area contributed by atoms with Crippen LogP contribution in [0.2, 0.25) is 0 Å². The second-order valence-electron chi connectivity index (χ2n) is 5.27. The van der Waals surface area contributed by atoms with Gasteiger partial charge < -0.3 is 10.2 Å². The third kappa shape index (κ3) is 3.45. The Balaban J connectivity index is 2.29. The summed E-state index contributed by atoms with van der Waals surface area (Å²) in [5, 5.41) is 11.2. The van der Waals surface area contributed by atoms with Crippen molar-refractivity contribution in [2.24, 2.45) is 0 Å². The molecule has 1 heterocycles. The molecule has 0 aliphatic heterocycles. The number of aromatic nitrogens is 3. The highest BCUT2D eigenvalue weighted by atomic mass is 19.1. The number of anilines is 2. The van der Waals surface area contributed by atoms with Gasteiger partial charge in [0.25, 0.3) is 0 Å². The Labute approximate surface area is 124 Å². The highest BCUT2D eigenvalue weighted by Gasteiger charge is 2.14. The van der Waals surface area contributed by atoms with Gasteiger partial charge in [0.1, 0.15) is 5.82 Å². The minimum absolute atomic E-state index is 0.137. The maximum absolute atomic E-state index is 13.5.